The second kappa shape index (κ2) is 38.6. The zero-order chi connectivity index (χ0) is 34.3. The molecule has 0 N–H and O–H groups in total. The fourth-order valence-corrected chi connectivity index (χ4v) is 5.77. The van der Waals surface area contributed by atoms with Gasteiger partial charge in [-0.3, -0.25) is 4.90 Å². The Bertz CT molecular complexity index is 741. The van der Waals surface area contributed by atoms with Crippen LogP contribution in [0, 0.1) is 0 Å². The van der Waals surface area contributed by atoms with Gasteiger partial charge in [-0.2, -0.15) is 0 Å². The molecule has 0 aromatic carbocycles. The van der Waals surface area contributed by atoms with Gasteiger partial charge < -0.3 is 14.2 Å². The zero-order valence-corrected chi connectivity index (χ0v) is 32.2. The Labute approximate surface area is 300 Å². The number of allylic oxidation sites excluding steroid dienone is 8. The van der Waals surface area contributed by atoms with Gasteiger partial charge in [0.2, 0.25) is 0 Å². The molecule has 1 rings (SSSR count). The highest BCUT2D eigenvalue weighted by molar-refractivity contribution is 4.93. The van der Waals surface area contributed by atoms with E-state index in [1.807, 2.05) is 0 Å². The van der Waals surface area contributed by atoms with E-state index < -0.39 is 0 Å². The minimum atomic E-state index is 0.161. The first kappa shape index (κ1) is 44.8. The average molecular weight is 672 g/mol. The van der Waals surface area contributed by atoms with Gasteiger partial charge in [0.25, 0.3) is 0 Å². The molecule has 4 heteroatoms. The molecule has 1 unspecified atom stereocenters. The Kier molecular flexibility index (Phi) is 36.0. The van der Waals surface area contributed by atoms with E-state index in [-0.39, 0.29) is 6.10 Å². The van der Waals surface area contributed by atoms with Gasteiger partial charge >= 0.3 is 0 Å². The van der Waals surface area contributed by atoms with Gasteiger partial charge in [0.15, 0.2) is 0 Å². The van der Waals surface area contributed by atoms with E-state index in [1.54, 1.807) is 0 Å². The Hall–Kier alpha value is -1.20. The van der Waals surface area contributed by atoms with E-state index in [2.05, 4.69) is 67.4 Å². The van der Waals surface area contributed by atoms with Crippen molar-refractivity contribution in [2.75, 3.05) is 52.7 Å². The van der Waals surface area contributed by atoms with Crippen LogP contribution in [0.5, 0.6) is 0 Å². The van der Waals surface area contributed by atoms with Crippen molar-refractivity contribution in [1.29, 1.82) is 0 Å². The van der Waals surface area contributed by atoms with Crippen molar-refractivity contribution < 1.29 is 14.2 Å². The molecule has 1 fully saturated rings. The van der Waals surface area contributed by atoms with Crippen molar-refractivity contribution in [2.45, 2.75) is 180 Å². The lowest BCUT2D eigenvalue weighted by molar-refractivity contribution is -0.0350. The van der Waals surface area contributed by atoms with Crippen LogP contribution in [0.1, 0.15) is 174 Å². The van der Waals surface area contributed by atoms with Crippen LogP contribution >= 0.6 is 0 Å². The Morgan fingerprint density at radius 1 is 0.458 bits per heavy atom. The number of nitrogens with zero attached hydrogens (tertiary/aromatic N) is 1. The van der Waals surface area contributed by atoms with Gasteiger partial charge in [0, 0.05) is 39.5 Å². The molecule has 0 aliphatic carbocycles. The number of ether oxygens (including phenoxy) is 3. The molecule has 0 aromatic heterocycles. The summed E-state index contributed by atoms with van der Waals surface area (Å²) < 4.78 is 18.3. The van der Waals surface area contributed by atoms with Crippen LogP contribution in [0.4, 0.5) is 0 Å². The smallest absolute Gasteiger partial charge is 0.0830 e. The summed E-state index contributed by atoms with van der Waals surface area (Å²) in [4.78, 5) is 2.41. The number of hydrogen-bond acceptors (Lipinski definition) is 4. The molecular formula is C44H81NO3. The normalized spacial score (nSPS) is 14.5. The fraction of sp³-hybridized carbons (Fsp3) is 0.818. The molecule has 48 heavy (non-hydrogen) atoms. The summed E-state index contributed by atoms with van der Waals surface area (Å²) in [7, 11) is 0. The predicted molar refractivity (Wildman–Crippen MR) is 211 cm³/mol. The van der Waals surface area contributed by atoms with Crippen LogP contribution in [0.2, 0.25) is 0 Å². The van der Waals surface area contributed by atoms with Crippen molar-refractivity contribution in [3.63, 3.8) is 0 Å². The molecular weight excluding hydrogens is 590 g/mol. The third kappa shape index (κ3) is 36.1. The van der Waals surface area contributed by atoms with E-state index in [9.17, 15) is 0 Å². The summed E-state index contributed by atoms with van der Waals surface area (Å²) in [6.07, 6.45) is 50.5. The molecule has 1 saturated heterocycles. The highest BCUT2D eigenvalue weighted by atomic mass is 16.5. The second-order valence-corrected chi connectivity index (χ2v) is 14.0. The van der Waals surface area contributed by atoms with Crippen molar-refractivity contribution >= 4 is 0 Å². The molecule has 1 heterocycles. The lowest BCUT2D eigenvalue weighted by atomic mass is 10.1. The maximum atomic E-state index is 6.30. The highest BCUT2D eigenvalue weighted by Gasteiger charge is 2.16. The van der Waals surface area contributed by atoms with Crippen LogP contribution in [-0.2, 0) is 14.2 Å². The fourth-order valence-electron chi connectivity index (χ4n) is 5.77. The SMILES string of the molecule is CCCCC/C=C\C/C=C\CCCCCCCCOCC(CCOCCN1CC1)OCCCCCCCC/C=C\C/C=C\CCCCC. The van der Waals surface area contributed by atoms with E-state index >= 15 is 0 Å². The minimum Gasteiger partial charge on any atom is -0.380 e. The maximum Gasteiger partial charge on any atom is 0.0830 e. The Morgan fingerprint density at radius 2 is 0.917 bits per heavy atom. The van der Waals surface area contributed by atoms with Gasteiger partial charge in [0.05, 0.1) is 19.3 Å². The third-order valence-corrected chi connectivity index (χ3v) is 9.17. The van der Waals surface area contributed by atoms with Gasteiger partial charge in [0.1, 0.15) is 0 Å². The van der Waals surface area contributed by atoms with Crippen LogP contribution < -0.4 is 0 Å². The molecule has 1 aliphatic heterocycles. The Balaban J connectivity index is 2.00. The standard InChI is InChI=1S/C44H81NO3/c1-3-5-7-9-11-13-15-17-19-21-23-25-27-29-31-33-39-47-43-44(35-41-46-42-38-45-36-37-45)48-40-34-32-30-28-26-24-22-20-18-16-14-12-10-8-6-4-2/h11-14,17-20,44H,3-10,15-16,21-43H2,1-2H3/b13-11-,14-12-,19-17-,20-18-. The quantitative estimate of drug-likeness (QED) is 0.0370. The molecule has 1 atom stereocenters. The molecule has 0 aromatic rings. The van der Waals surface area contributed by atoms with E-state index in [4.69, 9.17) is 14.2 Å². The van der Waals surface area contributed by atoms with Gasteiger partial charge in [-0.25, -0.2) is 0 Å². The highest BCUT2D eigenvalue weighted by Crippen LogP contribution is 2.12. The number of unbranched alkanes of at least 4 members (excludes halogenated alkanes) is 18. The van der Waals surface area contributed by atoms with E-state index in [0.717, 1.165) is 65.1 Å². The molecule has 0 amide bonds. The minimum absolute atomic E-state index is 0.161. The molecule has 280 valence electrons. The lowest BCUT2D eigenvalue weighted by Gasteiger charge is -2.18. The van der Waals surface area contributed by atoms with Crippen LogP contribution in [0.15, 0.2) is 48.6 Å². The monoisotopic (exact) mass is 672 g/mol. The predicted octanol–water partition coefficient (Wildman–Crippen LogP) is 12.7. The molecule has 0 spiro atoms. The first-order valence-electron chi connectivity index (χ1n) is 21.0. The molecule has 0 bridgehead atoms. The molecule has 0 radical (unpaired) electrons. The second-order valence-electron chi connectivity index (χ2n) is 14.0. The van der Waals surface area contributed by atoms with Gasteiger partial charge in [-0.15, -0.1) is 0 Å². The van der Waals surface area contributed by atoms with Crippen molar-refractivity contribution in [2.24, 2.45) is 0 Å². The number of hydrogen-bond donors (Lipinski definition) is 0. The summed E-state index contributed by atoms with van der Waals surface area (Å²) >= 11 is 0. The van der Waals surface area contributed by atoms with Crippen molar-refractivity contribution in [3.8, 4) is 0 Å². The molecule has 4 nitrogen and oxygen atoms in total. The average Bonchev–Trinajstić information content (AvgIpc) is 3.93. The number of rotatable bonds is 39. The first-order chi connectivity index (χ1) is 23.9. The largest absolute Gasteiger partial charge is 0.380 e. The summed E-state index contributed by atoms with van der Waals surface area (Å²) in [6.45, 7) is 12.1. The van der Waals surface area contributed by atoms with E-state index in [1.165, 1.54) is 142 Å². The summed E-state index contributed by atoms with van der Waals surface area (Å²) in [5.74, 6) is 0. The maximum absolute atomic E-state index is 6.30. The summed E-state index contributed by atoms with van der Waals surface area (Å²) in [6, 6.07) is 0. The zero-order valence-electron chi connectivity index (χ0n) is 32.2. The van der Waals surface area contributed by atoms with Crippen LogP contribution in [-0.4, -0.2) is 63.7 Å². The van der Waals surface area contributed by atoms with Gasteiger partial charge in [-0.1, -0.05) is 140 Å². The molecule has 0 saturated carbocycles. The topological polar surface area (TPSA) is 30.7 Å². The lowest BCUT2D eigenvalue weighted by Crippen LogP contribution is -2.23. The third-order valence-electron chi connectivity index (χ3n) is 9.17. The molecule has 1 aliphatic rings. The summed E-state index contributed by atoms with van der Waals surface area (Å²) in [5, 5.41) is 0. The first-order valence-corrected chi connectivity index (χ1v) is 21.0. The van der Waals surface area contributed by atoms with Crippen LogP contribution in [0.3, 0.4) is 0 Å². The summed E-state index contributed by atoms with van der Waals surface area (Å²) in [5.41, 5.74) is 0. The van der Waals surface area contributed by atoms with E-state index in [0.29, 0.717) is 6.61 Å². The van der Waals surface area contributed by atoms with Crippen molar-refractivity contribution in [3.05, 3.63) is 48.6 Å². The van der Waals surface area contributed by atoms with Crippen molar-refractivity contribution in [1.82, 2.24) is 4.90 Å². The van der Waals surface area contributed by atoms with Crippen LogP contribution in [0.25, 0.3) is 0 Å². The van der Waals surface area contributed by atoms with Gasteiger partial charge in [-0.05, 0) is 83.5 Å². The Morgan fingerprint density at radius 3 is 1.42 bits per heavy atom.